The predicted octanol–water partition coefficient (Wildman–Crippen LogP) is 2.87. The second-order valence-corrected chi connectivity index (χ2v) is 3.57. The van der Waals surface area contributed by atoms with E-state index in [1.54, 1.807) is 0 Å². The van der Waals surface area contributed by atoms with Crippen LogP contribution < -0.4 is 0 Å². The Balaban J connectivity index is 3.28. The van der Waals surface area contributed by atoms with Gasteiger partial charge in [-0.15, -0.1) is 0 Å². The number of nitrogens with zero attached hydrogens (tertiary/aromatic N) is 2. The zero-order valence-corrected chi connectivity index (χ0v) is 8.61. The molecule has 1 aromatic rings. The first-order valence-electron chi connectivity index (χ1n) is 4.03. The van der Waals surface area contributed by atoms with Crippen LogP contribution in [0.25, 0.3) is 0 Å². The summed E-state index contributed by atoms with van der Waals surface area (Å²) in [6.07, 6.45) is 0. The van der Waals surface area contributed by atoms with Gasteiger partial charge in [0.1, 0.15) is 0 Å². The third-order valence-electron chi connectivity index (χ3n) is 1.88. The van der Waals surface area contributed by atoms with E-state index >= 15 is 0 Å². The summed E-state index contributed by atoms with van der Waals surface area (Å²) in [7, 11) is 0. The van der Waals surface area contributed by atoms with Crippen molar-refractivity contribution in [3.63, 3.8) is 0 Å². The van der Waals surface area contributed by atoms with Gasteiger partial charge >= 0.3 is 0 Å². The smallest absolute Gasteiger partial charge is 0.222 e. The third-order valence-corrected chi connectivity index (χ3v) is 2.05. The van der Waals surface area contributed by atoms with Gasteiger partial charge in [0.15, 0.2) is 0 Å². The van der Waals surface area contributed by atoms with Crippen molar-refractivity contribution in [2.24, 2.45) is 0 Å². The lowest BCUT2D eigenvalue weighted by Crippen LogP contribution is -2.02. The third kappa shape index (κ3) is 1.75. The average molecular weight is 185 g/mol. The molecule has 0 atom stereocenters. The zero-order chi connectivity index (χ0) is 9.30. The number of hydrogen-bond donors (Lipinski definition) is 0. The van der Waals surface area contributed by atoms with Gasteiger partial charge in [0.05, 0.1) is 0 Å². The molecule has 0 aliphatic rings. The highest BCUT2D eigenvalue weighted by molar-refractivity contribution is 6.28. The highest BCUT2D eigenvalue weighted by Gasteiger charge is 2.09. The summed E-state index contributed by atoms with van der Waals surface area (Å²) in [4.78, 5) is 8.22. The Labute approximate surface area is 78.0 Å². The SMILES string of the molecule is Cc1nc(Cl)nc(C)c1C(C)C. The fourth-order valence-electron chi connectivity index (χ4n) is 1.52. The molecule has 1 aromatic heterocycles. The van der Waals surface area contributed by atoms with Gasteiger partial charge in [-0.25, -0.2) is 9.97 Å². The molecule has 0 spiro atoms. The van der Waals surface area contributed by atoms with Crippen molar-refractivity contribution < 1.29 is 0 Å². The summed E-state index contributed by atoms with van der Waals surface area (Å²) < 4.78 is 0. The van der Waals surface area contributed by atoms with Gasteiger partial charge in [-0.05, 0) is 36.9 Å². The minimum atomic E-state index is 0.342. The molecule has 0 unspecified atom stereocenters. The first-order chi connectivity index (χ1) is 5.52. The van der Waals surface area contributed by atoms with Crippen LogP contribution in [0.15, 0.2) is 0 Å². The quantitative estimate of drug-likeness (QED) is 0.628. The lowest BCUT2D eigenvalue weighted by Gasteiger charge is -2.11. The zero-order valence-electron chi connectivity index (χ0n) is 7.85. The first kappa shape index (κ1) is 9.46. The van der Waals surface area contributed by atoms with Crippen LogP contribution in [0.1, 0.15) is 36.7 Å². The number of rotatable bonds is 1. The van der Waals surface area contributed by atoms with Crippen molar-refractivity contribution in [2.45, 2.75) is 33.6 Å². The Bertz CT molecular complexity index is 272. The molecule has 3 heteroatoms. The minimum Gasteiger partial charge on any atom is -0.223 e. The Morgan fingerprint density at radius 3 is 1.83 bits per heavy atom. The summed E-state index contributed by atoms with van der Waals surface area (Å²) in [6.45, 7) is 8.20. The van der Waals surface area contributed by atoms with Crippen LogP contribution in [0.3, 0.4) is 0 Å². The van der Waals surface area contributed by atoms with E-state index in [-0.39, 0.29) is 0 Å². The normalized spacial score (nSPS) is 10.8. The van der Waals surface area contributed by atoms with Crippen molar-refractivity contribution in [1.82, 2.24) is 9.97 Å². The fourth-order valence-corrected chi connectivity index (χ4v) is 1.77. The van der Waals surface area contributed by atoms with Gasteiger partial charge in [0.25, 0.3) is 0 Å². The van der Waals surface area contributed by atoms with Crippen molar-refractivity contribution >= 4 is 11.6 Å². The summed E-state index contributed by atoms with van der Waals surface area (Å²) in [5.41, 5.74) is 3.18. The Hall–Kier alpha value is -0.630. The summed E-state index contributed by atoms with van der Waals surface area (Å²) >= 11 is 5.70. The highest BCUT2D eigenvalue weighted by Crippen LogP contribution is 2.21. The van der Waals surface area contributed by atoms with Gasteiger partial charge in [-0.2, -0.15) is 0 Å². The Kier molecular flexibility index (Phi) is 2.68. The summed E-state index contributed by atoms with van der Waals surface area (Å²) in [6, 6.07) is 0. The summed E-state index contributed by atoms with van der Waals surface area (Å²) in [5, 5.41) is 0.342. The molecule has 0 radical (unpaired) electrons. The van der Waals surface area contributed by atoms with Gasteiger partial charge in [-0.3, -0.25) is 0 Å². The predicted molar refractivity (Wildman–Crippen MR) is 50.6 cm³/mol. The molecule has 0 aromatic carbocycles. The molecule has 66 valence electrons. The molecule has 1 rings (SSSR count). The number of aromatic nitrogens is 2. The van der Waals surface area contributed by atoms with Gasteiger partial charge in [0, 0.05) is 11.4 Å². The van der Waals surface area contributed by atoms with E-state index in [4.69, 9.17) is 11.6 Å². The van der Waals surface area contributed by atoms with E-state index in [2.05, 4.69) is 23.8 Å². The maximum atomic E-state index is 5.70. The minimum absolute atomic E-state index is 0.342. The van der Waals surface area contributed by atoms with Crippen molar-refractivity contribution in [1.29, 1.82) is 0 Å². The van der Waals surface area contributed by atoms with E-state index < -0.39 is 0 Å². The van der Waals surface area contributed by atoms with Gasteiger partial charge in [-0.1, -0.05) is 13.8 Å². The van der Waals surface area contributed by atoms with Gasteiger partial charge in [0.2, 0.25) is 5.28 Å². The molecule has 1 heterocycles. The van der Waals surface area contributed by atoms with Crippen LogP contribution in [-0.4, -0.2) is 9.97 Å². The van der Waals surface area contributed by atoms with Crippen molar-refractivity contribution in [3.8, 4) is 0 Å². The largest absolute Gasteiger partial charge is 0.223 e. The standard InChI is InChI=1S/C9H13ClN2/c1-5(2)8-6(3)11-9(10)12-7(8)4/h5H,1-4H3. The van der Waals surface area contributed by atoms with Gasteiger partial charge < -0.3 is 0 Å². The molecule has 0 aliphatic heterocycles. The molecule has 0 fully saturated rings. The fraction of sp³-hybridized carbons (Fsp3) is 0.556. The van der Waals surface area contributed by atoms with Crippen LogP contribution in [-0.2, 0) is 0 Å². The molecule has 2 nitrogen and oxygen atoms in total. The number of hydrogen-bond acceptors (Lipinski definition) is 2. The van der Waals surface area contributed by atoms with Crippen molar-refractivity contribution in [2.75, 3.05) is 0 Å². The monoisotopic (exact) mass is 184 g/mol. The van der Waals surface area contributed by atoms with Crippen LogP contribution in [0.2, 0.25) is 5.28 Å². The molecular formula is C9H13ClN2. The average Bonchev–Trinajstić information content (AvgIpc) is 1.82. The second kappa shape index (κ2) is 3.40. The highest BCUT2D eigenvalue weighted by atomic mass is 35.5. The maximum absolute atomic E-state index is 5.70. The molecule has 0 N–H and O–H groups in total. The molecular weight excluding hydrogens is 172 g/mol. The topological polar surface area (TPSA) is 25.8 Å². The molecule has 0 bridgehead atoms. The Morgan fingerprint density at radius 2 is 1.50 bits per heavy atom. The molecule has 0 saturated heterocycles. The van der Waals surface area contributed by atoms with E-state index in [9.17, 15) is 0 Å². The molecule has 0 saturated carbocycles. The lowest BCUT2D eigenvalue weighted by atomic mass is 10.0. The van der Waals surface area contributed by atoms with E-state index in [1.165, 1.54) is 5.56 Å². The van der Waals surface area contributed by atoms with E-state index in [0.29, 0.717) is 11.2 Å². The first-order valence-corrected chi connectivity index (χ1v) is 4.40. The number of halogens is 1. The molecule has 0 aliphatic carbocycles. The second-order valence-electron chi connectivity index (χ2n) is 3.23. The molecule has 12 heavy (non-hydrogen) atoms. The van der Waals surface area contributed by atoms with Crippen LogP contribution in [0, 0.1) is 13.8 Å². The van der Waals surface area contributed by atoms with E-state index in [0.717, 1.165) is 11.4 Å². The maximum Gasteiger partial charge on any atom is 0.222 e. The van der Waals surface area contributed by atoms with Crippen LogP contribution in [0.5, 0.6) is 0 Å². The molecule has 0 amide bonds. The van der Waals surface area contributed by atoms with Crippen LogP contribution >= 0.6 is 11.6 Å². The summed E-state index contributed by atoms with van der Waals surface area (Å²) in [5.74, 6) is 0.460. The van der Waals surface area contributed by atoms with E-state index in [1.807, 2.05) is 13.8 Å². The lowest BCUT2D eigenvalue weighted by molar-refractivity contribution is 0.812. The van der Waals surface area contributed by atoms with Crippen molar-refractivity contribution in [3.05, 3.63) is 22.2 Å². The number of aryl methyl sites for hydroxylation is 2. The Morgan fingerprint density at radius 1 is 1.08 bits per heavy atom. The van der Waals surface area contributed by atoms with Crippen LogP contribution in [0.4, 0.5) is 0 Å².